The number of hydrogen-bond acceptors (Lipinski definition) is 4. The van der Waals surface area contributed by atoms with Crippen LogP contribution in [0.1, 0.15) is 17.0 Å². The Bertz CT molecular complexity index is 1090. The van der Waals surface area contributed by atoms with E-state index in [1.165, 1.54) is 6.21 Å². The van der Waals surface area contributed by atoms with Crippen molar-refractivity contribution < 1.29 is 14.3 Å². The Morgan fingerprint density at radius 1 is 1.03 bits per heavy atom. The maximum Gasteiger partial charge on any atom is 0.329 e. The summed E-state index contributed by atoms with van der Waals surface area (Å²) in [5, 5.41) is 6.43. The van der Waals surface area contributed by atoms with Crippen molar-refractivity contribution in [2.24, 2.45) is 5.10 Å². The smallest absolute Gasteiger partial charge is 0.329 e. The lowest BCUT2D eigenvalue weighted by atomic mass is 10.2. The monoisotopic (exact) mass is 468 g/mol. The summed E-state index contributed by atoms with van der Waals surface area (Å²) in [4.78, 5) is 24.0. The second kappa shape index (κ2) is 9.41. The van der Waals surface area contributed by atoms with Crippen LogP contribution in [0.2, 0.25) is 0 Å². The first-order chi connectivity index (χ1) is 14.4. The molecule has 2 amide bonds. The van der Waals surface area contributed by atoms with Crippen LogP contribution < -0.4 is 15.5 Å². The molecule has 0 saturated heterocycles. The fourth-order valence-electron chi connectivity index (χ4n) is 2.98. The van der Waals surface area contributed by atoms with Gasteiger partial charge in [0.05, 0.1) is 13.3 Å². The van der Waals surface area contributed by atoms with Crippen molar-refractivity contribution in [1.82, 2.24) is 9.99 Å². The lowest BCUT2D eigenvalue weighted by Crippen LogP contribution is -2.32. The number of methoxy groups -OCH3 is 1. The third kappa shape index (κ3) is 4.96. The number of anilines is 1. The number of carbonyl (C=O) groups excluding carboxylic acids is 2. The van der Waals surface area contributed by atoms with Crippen LogP contribution >= 0.6 is 15.9 Å². The Hall–Kier alpha value is -3.39. The van der Waals surface area contributed by atoms with Crippen LogP contribution in [0.25, 0.3) is 5.69 Å². The van der Waals surface area contributed by atoms with Gasteiger partial charge in [-0.25, -0.2) is 5.43 Å². The number of hydrazone groups is 1. The molecule has 0 spiro atoms. The van der Waals surface area contributed by atoms with Gasteiger partial charge in [0.15, 0.2) is 0 Å². The highest BCUT2D eigenvalue weighted by Gasteiger charge is 2.13. The molecule has 0 bridgehead atoms. The molecule has 1 heterocycles. The van der Waals surface area contributed by atoms with Gasteiger partial charge in [0, 0.05) is 32.8 Å². The van der Waals surface area contributed by atoms with E-state index < -0.39 is 11.8 Å². The minimum absolute atomic E-state index is 0.484. The van der Waals surface area contributed by atoms with Crippen molar-refractivity contribution in [3.63, 3.8) is 0 Å². The van der Waals surface area contributed by atoms with Gasteiger partial charge in [-0.15, -0.1) is 0 Å². The summed E-state index contributed by atoms with van der Waals surface area (Å²) in [5.74, 6) is -1.01. The molecule has 0 aliphatic carbocycles. The molecule has 0 aliphatic heterocycles. The summed E-state index contributed by atoms with van der Waals surface area (Å²) < 4.78 is 8.15. The number of aryl methyl sites for hydroxylation is 1. The van der Waals surface area contributed by atoms with E-state index in [0.717, 1.165) is 27.1 Å². The first kappa shape index (κ1) is 21.3. The number of aromatic nitrogens is 1. The third-order valence-corrected chi connectivity index (χ3v) is 5.01. The van der Waals surface area contributed by atoms with E-state index in [4.69, 9.17) is 4.74 Å². The van der Waals surface area contributed by atoms with Crippen molar-refractivity contribution in [3.05, 3.63) is 76.0 Å². The minimum Gasteiger partial charge on any atom is -0.497 e. The summed E-state index contributed by atoms with van der Waals surface area (Å²) in [6, 6.07) is 16.6. The molecule has 0 radical (unpaired) electrons. The van der Waals surface area contributed by atoms with E-state index in [1.54, 1.807) is 31.4 Å². The van der Waals surface area contributed by atoms with Gasteiger partial charge in [0.1, 0.15) is 5.75 Å². The molecule has 3 rings (SSSR count). The zero-order valence-electron chi connectivity index (χ0n) is 16.8. The number of ether oxygens (including phenoxy) is 1. The Balaban J connectivity index is 1.64. The van der Waals surface area contributed by atoms with Gasteiger partial charge in [-0.3, -0.25) is 9.59 Å². The lowest BCUT2D eigenvalue weighted by molar-refractivity contribution is -0.136. The fourth-order valence-corrected chi connectivity index (χ4v) is 3.24. The van der Waals surface area contributed by atoms with Crippen molar-refractivity contribution in [2.75, 3.05) is 12.4 Å². The topological polar surface area (TPSA) is 84.7 Å². The van der Waals surface area contributed by atoms with Gasteiger partial charge < -0.3 is 14.6 Å². The van der Waals surface area contributed by atoms with Crippen molar-refractivity contribution >= 4 is 39.6 Å². The molecule has 8 heteroatoms. The Kier molecular flexibility index (Phi) is 6.68. The summed E-state index contributed by atoms with van der Waals surface area (Å²) >= 11 is 3.44. The molecule has 0 saturated carbocycles. The standard InChI is InChI=1S/C22H21BrN4O3/c1-14-12-16(15(2)27(14)19-8-4-17(23)5-9-19)13-24-26-22(29)21(28)25-18-6-10-20(30-3)11-7-18/h4-13H,1-3H3,(H,25,28)(H,26,29)/b24-13-. The highest BCUT2D eigenvalue weighted by atomic mass is 79.9. The van der Waals surface area contributed by atoms with Crippen LogP contribution in [0.15, 0.2) is 64.2 Å². The van der Waals surface area contributed by atoms with Crippen LogP contribution in [0.5, 0.6) is 5.75 Å². The molecule has 2 N–H and O–H groups in total. The molecule has 7 nitrogen and oxygen atoms in total. The van der Waals surface area contributed by atoms with Gasteiger partial charge in [0.25, 0.3) is 0 Å². The molecule has 2 aromatic carbocycles. The Morgan fingerprint density at radius 2 is 1.70 bits per heavy atom. The number of nitrogens with one attached hydrogen (secondary N) is 2. The normalized spacial score (nSPS) is 10.8. The van der Waals surface area contributed by atoms with Gasteiger partial charge in [-0.05, 0) is 68.4 Å². The molecule has 1 aromatic heterocycles. The zero-order chi connectivity index (χ0) is 21.7. The average Bonchev–Trinajstić information content (AvgIpc) is 3.02. The van der Waals surface area contributed by atoms with Crippen molar-refractivity contribution in [3.8, 4) is 11.4 Å². The number of nitrogens with zero attached hydrogens (tertiary/aromatic N) is 2. The summed E-state index contributed by atoms with van der Waals surface area (Å²) in [7, 11) is 1.55. The van der Waals surface area contributed by atoms with E-state index in [-0.39, 0.29) is 0 Å². The molecule has 0 aliphatic rings. The zero-order valence-corrected chi connectivity index (χ0v) is 18.4. The van der Waals surface area contributed by atoms with Crippen LogP contribution in [-0.4, -0.2) is 29.7 Å². The van der Waals surface area contributed by atoms with Crippen LogP contribution in [0.4, 0.5) is 5.69 Å². The quantitative estimate of drug-likeness (QED) is 0.337. The second-order valence-electron chi connectivity index (χ2n) is 6.52. The van der Waals surface area contributed by atoms with E-state index >= 15 is 0 Å². The average molecular weight is 469 g/mol. The van der Waals surface area contributed by atoms with E-state index in [9.17, 15) is 9.59 Å². The third-order valence-electron chi connectivity index (χ3n) is 4.48. The number of benzene rings is 2. The highest BCUT2D eigenvalue weighted by molar-refractivity contribution is 9.10. The van der Waals surface area contributed by atoms with Crippen LogP contribution in [-0.2, 0) is 9.59 Å². The second-order valence-corrected chi connectivity index (χ2v) is 7.44. The highest BCUT2D eigenvalue weighted by Crippen LogP contribution is 2.21. The Morgan fingerprint density at radius 3 is 2.33 bits per heavy atom. The van der Waals surface area contributed by atoms with Crippen LogP contribution in [0, 0.1) is 13.8 Å². The van der Waals surface area contributed by atoms with Crippen molar-refractivity contribution in [1.29, 1.82) is 0 Å². The molecule has 154 valence electrons. The molecular formula is C22H21BrN4O3. The summed E-state index contributed by atoms with van der Waals surface area (Å²) in [5.41, 5.74) is 6.60. The van der Waals surface area contributed by atoms with Gasteiger partial charge >= 0.3 is 11.8 Å². The summed E-state index contributed by atoms with van der Waals surface area (Å²) in [6.45, 7) is 3.96. The number of hydrogen-bond donors (Lipinski definition) is 2. The molecule has 0 unspecified atom stereocenters. The van der Waals surface area contributed by atoms with E-state index in [0.29, 0.717) is 11.4 Å². The van der Waals surface area contributed by atoms with Crippen LogP contribution in [0.3, 0.4) is 0 Å². The lowest BCUT2D eigenvalue weighted by Gasteiger charge is -2.09. The first-order valence-corrected chi connectivity index (χ1v) is 9.91. The first-order valence-electron chi connectivity index (χ1n) is 9.12. The predicted octanol–water partition coefficient (Wildman–Crippen LogP) is 3.95. The SMILES string of the molecule is COc1ccc(NC(=O)C(=O)N/N=C\c2cc(C)n(-c3ccc(Br)cc3)c2C)cc1. The fraction of sp³-hybridized carbons (Fsp3) is 0.136. The predicted molar refractivity (Wildman–Crippen MR) is 120 cm³/mol. The van der Waals surface area contributed by atoms with E-state index in [2.05, 4.69) is 36.3 Å². The van der Waals surface area contributed by atoms with Crippen molar-refractivity contribution in [2.45, 2.75) is 13.8 Å². The maximum atomic E-state index is 12.0. The van der Waals surface area contributed by atoms with Gasteiger partial charge in [0.2, 0.25) is 0 Å². The maximum absolute atomic E-state index is 12.0. The van der Waals surface area contributed by atoms with E-state index in [1.807, 2.05) is 44.2 Å². The molecule has 30 heavy (non-hydrogen) atoms. The largest absolute Gasteiger partial charge is 0.497 e. The number of halogens is 1. The number of rotatable bonds is 5. The molecular weight excluding hydrogens is 448 g/mol. The van der Waals surface area contributed by atoms with Gasteiger partial charge in [-0.2, -0.15) is 5.10 Å². The number of carbonyl (C=O) groups is 2. The molecule has 0 fully saturated rings. The molecule has 0 atom stereocenters. The number of amides is 2. The van der Waals surface area contributed by atoms with Gasteiger partial charge in [-0.1, -0.05) is 15.9 Å². The Labute approximate surface area is 182 Å². The minimum atomic E-state index is -0.858. The summed E-state index contributed by atoms with van der Waals surface area (Å²) in [6.07, 6.45) is 1.52. The molecule has 3 aromatic rings.